The third kappa shape index (κ3) is 5.43. The van der Waals surface area contributed by atoms with Crippen LogP contribution >= 0.6 is 0 Å². The van der Waals surface area contributed by atoms with Gasteiger partial charge in [-0.3, -0.25) is 0 Å². The summed E-state index contributed by atoms with van der Waals surface area (Å²) in [5, 5.41) is 9.06. The highest BCUT2D eigenvalue weighted by molar-refractivity contribution is 6.30. The molecule has 11 aromatic rings. The first kappa shape index (κ1) is 38.0. The van der Waals surface area contributed by atoms with Crippen molar-refractivity contribution in [3.63, 3.8) is 0 Å². The average Bonchev–Trinajstić information content (AvgIpc) is 3.87. The molecule has 0 saturated heterocycles. The molecule has 0 amide bonds. The molecule has 0 aromatic heterocycles. The Labute approximate surface area is 384 Å². The average molecular weight is 863 g/mol. The molecule has 2 unspecified atom stereocenters. The van der Waals surface area contributed by atoms with Gasteiger partial charge >= 0.3 is 0 Å². The Morgan fingerprint density at radius 2 is 0.731 bits per heavy atom. The van der Waals surface area contributed by atoms with Gasteiger partial charge in [0.05, 0.1) is 5.56 Å². The standard InChI is InChI=1S/C64H37F3/c65-43-34-52(66)58(53(67)35-43)41-26-25-40-32-50-51(33-42(40)31-41)57(39-21-11-4-12-22-39)64-49-30-28-47-59-46(27-29-48(60(49)59)63(64)56(50)38-19-9-3-10-20-38)61-54(36-15-5-1-6-16-36)44-23-13-14-24-45(44)55(62(47)61)37-17-7-2-8-18-37/h1-35,61-62H. The second-order valence-electron chi connectivity index (χ2n) is 18.2. The fourth-order valence-corrected chi connectivity index (χ4v) is 12.2. The number of halogens is 3. The van der Waals surface area contributed by atoms with E-state index in [1.165, 1.54) is 76.9 Å². The smallest absolute Gasteiger partial charge is 0.136 e. The van der Waals surface area contributed by atoms with Gasteiger partial charge in [-0.05, 0) is 144 Å². The lowest BCUT2D eigenvalue weighted by atomic mass is 9.70. The molecule has 0 nitrogen and oxygen atoms in total. The Morgan fingerprint density at radius 1 is 0.299 bits per heavy atom. The maximum Gasteiger partial charge on any atom is 0.136 e. The minimum absolute atomic E-state index is 0.0760. The zero-order chi connectivity index (χ0) is 44.5. The first-order chi connectivity index (χ1) is 33.0. The van der Waals surface area contributed by atoms with E-state index >= 15 is 8.78 Å². The number of hydrogen-bond acceptors (Lipinski definition) is 0. The summed E-state index contributed by atoms with van der Waals surface area (Å²) < 4.78 is 44.7. The zero-order valence-corrected chi connectivity index (χ0v) is 36.0. The first-order valence-electron chi connectivity index (χ1n) is 22.9. The van der Waals surface area contributed by atoms with Gasteiger partial charge in [0.25, 0.3) is 0 Å². The van der Waals surface area contributed by atoms with E-state index in [1.54, 1.807) is 6.07 Å². The topological polar surface area (TPSA) is 0 Å². The van der Waals surface area contributed by atoms with Gasteiger partial charge in [0.2, 0.25) is 0 Å². The van der Waals surface area contributed by atoms with Crippen LogP contribution in [0.2, 0.25) is 0 Å². The molecule has 3 aliphatic carbocycles. The molecule has 0 spiro atoms. The van der Waals surface area contributed by atoms with Crippen LogP contribution in [0.4, 0.5) is 13.2 Å². The lowest BCUT2D eigenvalue weighted by molar-refractivity contribution is 0.548. The Kier molecular flexibility index (Phi) is 8.16. The minimum Gasteiger partial charge on any atom is -0.207 e. The fourth-order valence-electron chi connectivity index (χ4n) is 12.2. The van der Waals surface area contributed by atoms with Crippen LogP contribution in [0.5, 0.6) is 0 Å². The summed E-state index contributed by atoms with van der Waals surface area (Å²) in [5.41, 5.74) is 17.3. The van der Waals surface area contributed by atoms with Crippen molar-refractivity contribution in [3.05, 3.63) is 262 Å². The summed E-state index contributed by atoms with van der Waals surface area (Å²) >= 11 is 0. The van der Waals surface area contributed by atoms with Crippen LogP contribution in [0, 0.1) is 17.5 Å². The largest absolute Gasteiger partial charge is 0.207 e. The summed E-state index contributed by atoms with van der Waals surface area (Å²) in [6.45, 7) is 0. The van der Waals surface area contributed by atoms with E-state index in [0.717, 1.165) is 55.9 Å². The van der Waals surface area contributed by atoms with Crippen LogP contribution in [0.3, 0.4) is 0 Å². The number of rotatable bonds is 5. The molecule has 0 radical (unpaired) electrons. The molecule has 314 valence electrons. The predicted octanol–water partition coefficient (Wildman–Crippen LogP) is 15.5. The van der Waals surface area contributed by atoms with Crippen LogP contribution in [-0.2, 0) is 0 Å². The zero-order valence-electron chi connectivity index (χ0n) is 36.0. The molecule has 0 bridgehead atoms. The van der Waals surface area contributed by atoms with Crippen LogP contribution in [0.15, 0.2) is 212 Å². The molecule has 0 heterocycles. The summed E-state index contributed by atoms with van der Waals surface area (Å²) in [7, 11) is 0. The molecule has 0 fully saturated rings. The van der Waals surface area contributed by atoms with E-state index < -0.39 is 17.5 Å². The molecule has 11 aromatic carbocycles. The van der Waals surface area contributed by atoms with E-state index in [4.69, 9.17) is 0 Å². The normalized spacial score (nSPS) is 15.3. The van der Waals surface area contributed by atoms with Gasteiger partial charge in [0, 0.05) is 24.0 Å². The van der Waals surface area contributed by atoms with Gasteiger partial charge in [-0.1, -0.05) is 182 Å². The monoisotopic (exact) mass is 862 g/mol. The third-order valence-electron chi connectivity index (χ3n) is 14.8. The summed E-state index contributed by atoms with van der Waals surface area (Å²) in [6.07, 6.45) is 0. The molecular weight excluding hydrogens is 826 g/mol. The van der Waals surface area contributed by atoms with Gasteiger partial charge in [-0.2, -0.15) is 0 Å². The molecular formula is C64H37F3. The molecule has 67 heavy (non-hydrogen) atoms. The van der Waals surface area contributed by atoms with Crippen LogP contribution in [0.1, 0.15) is 34.1 Å². The molecule has 0 aliphatic heterocycles. The first-order valence-corrected chi connectivity index (χ1v) is 22.9. The summed E-state index contributed by atoms with van der Waals surface area (Å²) in [4.78, 5) is 0. The number of hydrogen-bond donors (Lipinski definition) is 0. The van der Waals surface area contributed by atoms with Gasteiger partial charge in [0.1, 0.15) is 17.5 Å². The van der Waals surface area contributed by atoms with Crippen LogP contribution in [0.25, 0.3) is 99.1 Å². The molecule has 3 aliphatic rings. The maximum atomic E-state index is 15.3. The predicted molar refractivity (Wildman–Crippen MR) is 269 cm³/mol. The SMILES string of the molecule is Fc1cc(F)c(-c2ccc3cc4c(-c5ccccc5)c5c(c(-c6ccccc6)c4cc3c2)-c2ccc3c4c(ccc-5c24)C2C(c4ccccc4)=c4ccccc4=C(c4ccccc4)C32)c(F)c1. The Bertz CT molecular complexity index is 3930. The molecule has 0 saturated carbocycles. The van der Waals surface area contributed by atoms with Gasteiger partial charge in [0.15, 0.2) is 0 Å². The fraction of sp³-hybridized carbons (Fsp3) is 0.0312. The van der Waals surface area contributed by atoms with Crippen molar-refractivity contribution in [1.29, 1.82) is 0 Å². The molecule has 14 rings (SSSR count). The maximum absolute atomic E-state index is 15.3. The highest BCUT2D eigenvalue weighted by Gasteiger charge is 2.44. The second kappa shape index (κ2) is 14.4. The molecule has 3 heteroatoms. The quantitative estimate of drug-likeness (QED) is 0.151. The minimum atomic E-state index is -0.945. The van der Waals surface area contributed by atoms with Crippen molar-refractivity contribution in [2.75, 3.05) is 0 Å². The molecule has 2 atom stereocenters. The van der Waals surface area contributed by atoms with Crippen molar-refractivity contribution < 1.29 is 13.2 Å². The number of benzene rings is 11. The lowest BCUT2D eigenvalue weighted by Gasteiger charge is -2.32. The highest BCUT2D eigenvalue weighted by Crippen LogP contribution is 2.64. The Morgan fingerprint density at radius 3 is 1.21 bits per heavy atom. The van der Waals surface area contributed by atoms with E-state index in [2.05, 4.69) is 182 Å². The van der Waals surface area contributed by atoms with E-state index in [1.807, 2.05) is 12.1 Å². The van der Waals surface area contributed by atoms with E-state index in [9.17, 15) is 4.39 Å². The second-order valence-corrected chi connectivity index (χ2v) is 18.2. The molecule has 0 N–H and O–H groups in total. The Balaban J connectivity index is 1.11. The van der Waals surface area contributed by atoms with Gasteiger partial charge in [-0.25, -0.2) is 13.2 Å². The van der Waals surface area contributed by atoms with Crippen LogP contribution < -0.4 is 10.4 Å². The van der Waals surface area contributed by atoms with E-state index in [0.29, 0.717) is 5.56 Å². The number of fused-ring (bicyclic) bond motifs is 9. The Hall–Kier alpha value is -8.27. The van der Waals surface area contributed by atoms with E-state index in [-0.39, 0.29) is 17.4 Å². The van der Waals surface area contributed by atoms with Crippen molar-refractivity contribution >= 4 is 43.5 Å². The summed E-state index contributed by atoms with van der Waals surface area (Å²) in [6, 6.07) is 73.2. The van der Waals surface area contributed by atoms with Crippen LogP contribution in [-0.4, -0.2) is 0 Å². The third-order valence-corrected chi connectivity index (χ3v) is 14.8. The van der Waals surface area contributed by atoms with Crippen molar-refractivity contribution in [2.24, 2.45) is 0 Å². The summed E-state index contributed by atoms with van der Waals surface area (Å²) in [5.74, 6) is -2.66. The highest BCUT2D eigenvalue weighted by atomic mass is 19.1. The van der Waals surface area contributed by atoms with Gasteiger partial charge < -0.3 is 0 Å². The van der Waals surface area contributed by atoms with Crippen molar-refractivity contribution in [3.8, 4) is 55.6 Å². The lowest BCUT2D eigenvalue weighted by Crippen LogP contribution is -2.38. The van der Waals surface area contributed by atoms with Crippen molar-refractivity contribution in [1.82, 2.24) is 0 Å². The van der Waals surface area contributed by atoms with Gasteiger partial charge in [-0.15, -0.1) is 0 Å². The van der Waals surface area contributed by atoms with Crippen molar-refractivity contribution in [2.45, 2.75) is 11.8 Å².